The first-order valence-electron chi connectivity index (χ1n) is 15.0. The molecule has 2 saturated carbocycles. The van der Waals surface area contributed by atoms with Gasteiger partial charge in [-0.1, -0.05) is 34.6 Å². The van der Waals surface area contributed by atoms with Crippen molar-refractivity contribution in [2.24, 2.45) is 22.2 Å². The minimum atomic E-state index is -1.71. The maximum absolute atomic E-state index is 14.7. The minimum absolute atomic E-state index is 0.0536. The van der Waals surface area contributed by atoms with Crippen molar-refractivity contribution in [1.82, 2.24) is 0 Å². The number of aliphatic hydroxyl groups excluding tert-OH is 2. The Morgan fingerprint density at radius 2 is 1.86 bits per heavy atom. The summed E-state index contributed by atoms with van der Waals surface area (Å²) in [6.45, 7) is 11.9. The van der Waals surface area contributed by atoms with Crippen LogP contribution in [0.1, 0.15) is 73.0 Å². The van der Waals surface area contributed by atoms with Crippen LogP contribution in [0, 0.1) is 22.2 Å². The first kappa shape index (κ1) is 32.3. The van der Waals surface area contributed by atoms with Crippen LogP contribution in [0.25, 0.3) is 0 Å². The van der Waals surface area contributed by atoms with Gasteiger partial charge < -0.3 is 43.8 Å². The largest absolute Gasteiger partial charge is 0.469 e. The number of rotatable bonds is 7. The van der Waals surface area contributed by atoms with Crippen LogP contribution in [-0.2, 0) is 28.5 Å². The van der Waals surface area contributed by atoms with Crippen molar-refractivity contribution in [2.75, 3.05) is 20.5 Å². The summed E-state index contributed by atoms with van der Waals surface area (Å²) in [4.78, 5) is 28.0. The molecule has 1 saturated heterocycles. The van der Waals surface area contributed by atoms with Crippen molar-refractivity contribution >= 4 is 11.8 Å². The lowest BCUT2D eigenvalue weighted by atomic mass is 9.36. The van der Waals surface area contributed by atoms with Gasteiger partial charge in [0, 0.05) is 30.8 Å². The number of ether oxygens (including phenoxy) is 4. The van der Waals surface area contributed by atoms with Gasteiger partial charge in [-0.25, -0.2) is 4.79 Å². The summed E-state index contributed by atoms with van der Waals surface area (Å²) >= 11 is 0. The van der Waals surface area contributed by atoms with Crippen LogP contribution in [0.3, 0.4) is 0 Å². The van der Waals surface area contributed by atoms with E-state index < -0.39 is 81.6 Å². The Balaban J connectivity index is 1.63. The van der Waals surface area contributed by atoms with Gasteiger partial charge in [0.05, 0.1) is 42.0 Å². The quantitative estimate of drug-likeness (QED) is 0.204. The van der Waals surface area contributed by atoms with Gasteiger partial charge in [-0.05, 0) is 43.0 Å². The Hall–Kier alpha value is -2.12. The molecule has 4 aliphatic rings. The zero-order valence-corrected chi connectivity index (χ0v) is 26.2. The lowest BCUT2D eigenvalue weighted by molar-refractivity contribution is -0.377. The van der Waals surface area contributed by atoms with Gasteiger partial charge in [0.1, 0.15) is 30.4 Å². The number of hydrogen-bond donors (Lipinski definition) is 4. The van der Waals surface area contributed by atoms with Crippen LogP contribution < -0.4 is 0 Å². The number of ketones is 1. The second kappa shape index (κ2) is 10.5. The molecule has 11 atom stereocenters. The van der Waals surface area contributed by atoms with Gasteiger partial charge in [0.2, 0.25) is 0 Å². The van der Waals surface area contributed by atoms with Gasteiger partial charge in [-0.3, -0.25) is 4.79 Å². The molecule has 11 nitrogen and oxygen atoms in total. The predicted octanol–water partition coefficient (Wildman–Crippen LogP) is 2.25. The van der Waals surface area contributed by atoms with Crippen molar-refractivity contribution in [3.8, 4) is 0 Å². The van der Waals surface area contributed by atoms with E-state index in [9.17, 15) is 30.0 Å². The van der Waals surface area contributed by atoms with Crippen molar-refractivity contribution in [3.63, 3.8) is 0 Å². The van der Waals surface area contributed by atoms with Crippen molar-refractivity contribution in [1.29, 1.82) is 0 Å². The number of carbonyl (C=O) groups is 2. The standard InChI is InChI=1S/C32H46O11/c1-16-20(43-27(36)24(33)17(2)19-10-9-11-40-19)13-31(37)18(3)30(7)29(6,26(35)25(34)23(16)28(31,4)5)21(42-15-39-8)12-22-32(30,38)14-41-22/h9-11,17-18,20-22,24-25,33-34,37-38H,12-15H2,1-8H3/t17-,18-,20?,21?,22?,24?,25?,29-,30?,31?,32-/m0/s1. The van der Waals surface area contributed by atoms with Crippen LogP contribution in [-0.4, -0.2) is 94.4 Å². The molecule has 11 heteroatoms. The normalized spacial score (nSPS) is 43.4. The number of methoxy groups -OCH3 is 1. The van der Waals surface area contributed by atoms with Crippen LogP contribution in [0.2, 0.25) is 0 Å². The highest BCUT2D eigenvalue weighted by molar-refractivity contribution is 5.94. The Labute approximate surface area is 252 Å². The van der Waals surface area contributed by atoms with Crippen LogP contribution >= 0.6 is 0 Å². The molecule has 4 N–H and O–H groups in total. The molecule has 5 rings (SSSR count). The van der Waals surface area contributed by atoms with E-state index in [1.807, 2.05) is 0 Å². The van der Waals surface area contributed by atoms with E-state index in [1.165, 1.54) is 13.4 Å². The summed E-state index contributed by atoms with van der Waals surface area (Å²) < 4.78 is 28.3. The molecule has 3 aliphatic carbocycles. The maximum Gasteiger partial charge on any atom is 0.336 e. The Bertz CT molecular complexity index is 1290. The molecule has 1 aromatic heterocycles. The fourth-order valence-corrected chi connectivity index (χ4v) is 8.95. The van der Waals surface area contributed by atoms with E-state index in [2.05, 4.69) is 0 Å². The summed E-state index contributed by atoms with van der Waals surface area (Å²) in [6.07, 6.45) is -4.26. The Kier molecular flexibility index (Phi) is 7.86. The van der Waals surface area contributed by atoms with Crippen LogP contribution in [0.15, 0.2) is 34.0 Å². The van der Waals surface area contributed by atoms with Crippen molar-refractivity contribution < 1.29 is 53.4 Å². The molecular weight excluding hydrogens is 560 g/mol. The predicted molar refractivity (Wildman–Crippen MR) is 152 cm³/mol. The molecule has 1 aromatic rings. The number of Topliss-reactive ketones (excluding diaryl/α,β-unsaturated/α-hetero) is 1. The van der Waals surface area contributed by atoms with Gasteiger partial charge in [0.25, 0.3) is 0 Å². The second-order valence-electron chi connectivity index (χ2n) is 13.9. The zero-order chi connectivity index (χ0) is 31.9. The molecule has 2 heterocycles. The zero-order valence-electron chi connectivity index (χ0n) is 26.2. The highest BCUT2D eigenvalue weighted by Gasteiger charge is 2.80. The molecule has 43 heavy (non-hydrogen) atoms. The average Bonchev–Trinajstić information content (AvgIpc) is 3.50. The number of furan rings is 1. The van der Waals surface area contributed by atoms with Crippen molar-refractivity contribution in [2.45, 2.75) is 109 Å². The average molecular weight is 607 g/mol. The summed E-state index contributed by atoms with van der Waals surface area (Å²) in [5.41, 5.74) is -6.59. The summed E-state index contributed by atoms with van der Waals surface area (Å²) in [5.74, 6) is -2.59. The van der Waals surface area contributed by atoms with E-state index in [1.54, 1.807) is 60.6 Å². The van der Waals surface area contributed by atoms with E-state index in [4.69, 9.17) is 23.4 Å². The molecule has 2 bridgehead atoms. The number of carbonyl (C=O) groups excluding carboxylic acids is 2. The van der Waals surface area contributed by atoms with E-state index in [0.717, 1.165) is 0 Å². The molecule has 0 radical (unpaired) electrons. The van der Waals surface area contributed by atoms with E-state index >= 15 is 0 Å². The molecule has 240 valence electrons. The number of fused-ring (bicyclic) bond motifs is 5. The second-order valence-corrected chi connectivity index (χ2v) is 13.9. The number of aliphatic hydroxyl groups is 4. The number of hydrogen-bond acceptors (Lipinski definition) is 11. The molecular formula is C32H46O11. The van der Waals surface area contributed by atoms with Crippen molar-refractivity contribution in [3.05, 3.63) is 35.3 Å². The van der Waals surface area contributed by atoms with E-state index in [0.29, 0.717) is 11.3 Å². The molecule has 1 aliphatic heterocycles. The smallest absolute Gasteiger partial charge is 0.336 e. The molecule has 0 amide bonds. The fraction of sp³-hybridized carbons (Fsp3) is 0.750. The lowest BCUT2D eigenvalue weighted by Gasteiger charge is -2.72. The Morgan fingerprint density at radius 3 is 2.42 bits per heavy atom. The molecule has 3 fully saturated rings. The Morgan fingerprint density at radius 1 is 1.19 bits per heavy atom. The third kappa shape index (κ3) is 4.05. The first-order valence-corrected chi connectivity index (χ1v) is 15.0. The minimum Gasteiger partial charge on any atom is -0.469 e. The van der Waals surface area contributed by atoms with Gasteiger partial charge >= 0.3 is 5.97 Å². The summed E-state index contributed by atoms with van der Waals surface area (Å²) in [7, 11) is 1.47. The monoisotopic (exact) mass is 606 g/mol. The van der Waals surface area contributed by atoms with Gasteiger partial charge in [-0.15, -0.1) is 0 Å². The highest BCUT2D eigenvalue weighted by Crippen LogP contribution is 2.70. The molecule has 0 spiro atoms. The molecule has 7 unspecified atom stereocenters. The molecule has 0 aromatic carbocycles. The van der Waals surface area contributed by atoms with Gasteiger partial charge in [0.15, 0.2) is 11.9 Å². The fourth-order valence-electron chi connectivity index (χ4n) is 8.95. The third-order valence-corrected chi connectivity index (χ3v) is 12.2. The highest BCUT2D eigenvalue weighted by atomic mass is 16.7. The maximum atomic E-state index is 14.7. The summed E-state index contributed by atoms with van der Waals surface area (Å²) in [6, 6.07) is 3.30. The van der Waals surface area contributed by atoms with Crippen LogP contribution in [0.4, 0.5) is 0 Å². The summed E-state index contributed by atoms with van der Waals surface area (Å²) in [5, 5.41) is 48.0. The van der Waals surface area contributed by atoms with E-state index in [-0.39, 0.29) is 31.8 Å². The third-order valence-electron chi connectivity index (χ3n) is 12.2. The topological polar surface area (TPSA) is 165 Å². The van der Waals surface area contributed by atoms with Gasteiger partial charge in [-0.2, -0.15) is 0 Å². The lowest BCUT2D eigenvalue weighted by Crippen LogP contribution is -2.83. The first-order chi connectivity index (χ1) is 19.9. The van der Waals surface area contributed by atoms with Crippen LogP contribution in [0.5, 0.6) is 0 Å². The SMILES string of the molecule is COCOC1CC2OC[C@@]2(O)C2(C)[C@H](C)C3(O)CC(OC(=O)C(O)[C@@H](C)c4ccco4)C(C)=C(C(O)C(=O)[C@]12C)C3(C)C. The number of esters is 1.